The van der Waals surface area contributed by atoms with Crippen molar-refractivity contribution in [3.05, 3.63) is 83.5 Å². The Kier molecular flexibility index (Phi) is 29.8. The number of fused-ring (bicyclic) bond motifs is 3. The van der Waals surface area contributed by atoms with Gasteiger partial charge in [-0.25, -0.2) is 29.5 Å². The number of methoxy groups -OCH3 is 2. The van der Waals surface area contributed by atoms with Gasteiger partial charge in [-0.1, -0.05) is 64.2 Å². The molecular weight excluding hydrogens is 1290 g/mol. The minimum Gasteiger partial charge on any atom is -0.459 e. The largest absolute Gasteiger partial charge is 0.459 e. The Hall–Kier alpha value is -6.95. The quantitative estimate of drug-likeness (QED) is 0.0644. The van der Waals surface area contributed by atoms with Crippen LogP contribution in [-0.2, 0) is 63.7 Å². The number of nitrogens with zero attached hydrogens (tertiary/aromatic N) is 9. The molecule has 1 aliphatic carbocycles. The molecule has 2 unspecified atom stereocenters. The molecule has 1 saturated carbocycles. The van der Waals surface area contributed by atoms with E-state index in [2.05, 4.69) is 35.1 Å². The lowest BCUT2D eigenvalue weighted by atomic mass is 9.80. The van der Waals surface area contributed by atoms with Gasteiger partial charge in [0, 0.05) is 153 Å². The molecule has 100 heavy (non-hydrogen) atoms. The summed E-state index contributed by atoms with van der Waals surface area (Å²) in [5.74, 6) is -7.96. The van der Waals surface area contributed by atoms with Gasteiger partial charge >= 0.3 is 12.1 Å². The van der Waals surface area contributed by atoms with Crippen molar-refractivity contribution < 1.29 is 77.3 Å². The van der Waals surface area contributed by atoms with Gasteiger partial charge in [-0.2, -0.15) is 0 Å². The average Bonchev–Trinajstić information content (AvgIpc) is 0.773. The number of hydrogen-bond donors (Lipinski definition) is 5. The monoisotopic (exact) mass is 1400 g/mol. The fraction of sp³-hybridized carbons (Fsp3) is 0.685. The van der Waals surface area contributed by atoms with E-state index < -0.39 is 120 Å². The molecule has 5 aliphatic heterocycles. The van der Waals surface area contributed by atoms with Crippen molar-refractivity contribution in [1.82, 2.24) is 40.0 Å². The van der Waals surface area contributed by atoms with Gasteiger partial charge in [0.25, 0.3) is 11.7 Å². The number of piperidine rings is 1. The molecule has 2 bridgehead atoms. The summed E-state index contributed by atoms with van der Waals surface area (Å²) in [6.45, 7) is 19.7. The predicted octanol–water partition coefficient (Wildman–Crippen LogP) is 4.92. The van der Waals surface area contributed by atoms with E-state index in [1.165, 1.54) is 20.1 Å². The van der Waals surface area contributed by atoms with Crippen LogP contribution in [0.15, 0.2) is 72.4 Å². The number of hydrogen-bond acceptors (Lipinski definition) is 24. The van der Waals surface area contributed by atoms with Crippen LogP contribution in [0.4, 0.5) is 16.7 Å². The van der Waals surface area contributed by atoms with E-state index in [0.717, 1.165) is 54.7 Å². The Morgan fingerprint density at radius 3 is 2.11 bits per heavy atom. The highest BCUT2D eigenvalue weighted by atomic mass is 16.6. The highest BCUT2D eigenvalue weighted by Gasteiger charge is 2.53. The number of carbonyl (C=O) groups is 7. The third kappa shape index (κ3) is 21.8. The number of cyclic esters (lactones) is 1. The number of nitrogens with two attached hydrogens (primary N) is 1. The molecule has 27 nitrogen and oxygen atoms in total. The summed E-state index contributed by atoms with van der Waals surface area (Å²) in [5, 5.41) is 37.4. The first kappa shape index (κ1) is 78.8. The van der Waals surface area contributed by atoms with Crippen LogP contribution in [0.5, 0.6) is 0 Å². The van der Waals surface area contributed by atoms with Crippen molar-refractivity contribution in [2.24, 2.45) is 35.3 Å². The zero-order valence-electron chi connectivity index (χ0n) is 60.0. The number of aliphatic hydroxyl groups is 3. The standard InChI is InChI=1S/C73H109N11O16/c1-46-15-11-10-12-16-48(3)60(95-8)39-55-20-18-52(7)73(94,100-55)67(90)68(91)84-23-14-13-17-57(84)69(92)98-61(40-58(85)49(4)36-51(6)65(88)66(89)64(87)50(5)35-46)56(74)37-53-19-21-59(62(38-53)96-9)99-72(93)79-45-54-43-77-71(78-44-54)83-30-28-81(29-31-83)63(86)22-33-97-34-32-80-24-26-82(27-25-80)70-75-41-47(2)42-76-70/h10-12,15-16,36,41-44,46,49-50,52-53,55-57,59-62,65-66,88-89,94H,13-14,17-35,37-40,45,74H2,1-9H3,(H,79,93)/b12-10?,15-11+,48-16?,51-36+/t46-,49?,50-,52-,53+,55+,56-,57+,59-,60?,61+,62-,65-,66+,73-/m1/s1. The first-order chi connectivity index (χ1) is 47.8. The van der Waals surface area contributed by atoms with Gasteiger partial charge in [-0.05, 0) is 114 Å². The molecule has 8 rings (SSSR count). The summed E-state index contributed by atoms with van der Waals surface area (Å²) >= 11 is 0. The maximum atomic E-state index is 14.7. The number of ether oxygens (including phenoxy) is 6. The van der Waals surface area contributed by atoms with Crippen molar-refractivity contribution >= 4 is 53.1 Å². The molecule has 0 spiro atoms. The van der Waals surface area contributed by atoms with Gasteiger partial charge in [-0.3, -0.25) is 28.9 Å². The number of nitrogens with one attached hydrogen (secondary N) is 1. The Morgan fingerprint density at radius 2 is 1.43 bits per heavy atom. The van der Waals surface area contributed by atoms with Crippen LogP contribution in [0.3, 0.4) is 0 Å². The maximum Gasteiger partial charge on any atom is 0.407 e. The fourth-order valence-corrected chi connectivity index (χ4v) is 14.2. The van der Waals surface area contributed by atoms with Crippen LogP contribution in [0, 0.1) is 36.5 Å². The number of piperazine rings is 2. The minimum atomic E-state index is -2.51. The van der Waals surface area contributed by atoms with Crippen molar-refractivity contribution in [2.75, 3.05) is 103 Å². The maximum absolute atomic E-state index is 14.7. The molecule has 27 heteroatoms. The molecule has 15 atom stereocenters. The van der Waals surface area contributed by atoms with Crippen LogP contribution in [0.2, 0.25) is 0 Å². The van der Waals surface area contributed by atoms with Crippen molar-refractivity contribution in [2.45, 2.75) is 199 Å². The Labute approximate surface area is 588 Å². The second kappa shape index (κ2) is 37.8. The normalized spacial score (nSPS) is 31.5. The number of alkyl carbamates (subject to hydrolysis) is 1. The first-order valence-electron chi connectivity index (χ1n) is 35.9. The molecule has 2 aromatic rings. The molecule has 0 aromatic carbocycles. The highest BCUT2D eigenvalue weighted by Crippen LogP contribution is 2.38. The summed E-state index contributed by atoms with van der Waals surface area (Å²) in [5.41, 5.74) is 9.72. The number of esters is 1. The van der Waals surface area contributed by atoms with E-state index in [4.69, 9.17) is 34.2 Å². The molecule has 552 valence electrons. The van der Waals surface area contributed by atoms with Crippen LogP contribution in [0.1, 0.15) is 136 Å². The second-order valence-corrected chi connectivity index (χ2v) is 28.3. The van der Waals surface area contributed by atoms with E-state index in [9.17, 15) is 48.9 Å². The third-order valence-corrected chi connectivity index (χ3v) is 20.7. The van der Waals surface area contributed by atoms with E-state index in [-0.39, 0.29) is 55.7 Å². The van der Waals surface area contributed by atoms with E-state index in [1.807, 2.05) is 73.3 Å². The van der Waals surface area contributed by atoms with E-state index in [0.29, 0.717) is 109 Å². The number of amides is 3. The van der Waals surface area contributed by atoms with E-state index in [1.54, 1.807) is 40.3 Å². The highest BCUT2D eigenvalue weighted by molar-refractivity contribution is 6.39. The Balaban J connectivity index is 0.843. The SMILES string of the molecule is COC1C[C@@H]2CC[C@@H](C)[C@@](O)(O2)C(=O)C(=O)N2CCCC[C@H]2C(=O)O[C@H]([C@H](N)C[C@@H]2CC[C@@H](OC(=O)NCc3cnc(N4CCN(C(=O)CCOCCN5CCN(c6ncc(C)cn6)CC5)CC4)nc3)[C@H](OC)C2)CC(=O)C(C)/C=C(\C)[C@@H](O)[C@@H](O)C(=O)[C@H](C)C[C@H](C)/C=C/C=CC=C1C. The van der Waals surface area contributed by atoms with Crippen molar-refractivity contribution in [3.8, 4) is 0 Å². The second-order valence-electron chi connectivity index (χ2n) is 28.3. The molecular formula is C73H109N11O16. The number of aliphatic hydroxyl groups excluding tert-OH is 2. The molecule has 5 fully saturated rings. The van der Waals surface area contributed by atoms with Crippen LogP contribution >= 0.6 is 0 Å². The smallest absolute Gasteiger partial charge is 0.407 e. The average molecular weight is 1400 g/mol. The van der Waals surface area contributed by atoms with Crippen LogP contribution in [0.25, 0.3) is 0 Å². The fourth-order valence-electron chi connectivity index (χ4n) is 14.2. The number of aromatic nitrogens is 4. The molecule has 6 N–H and O–H groups in total. The molecule has 2 aromatic heterocycles. The number of aryl methyl sites for hydroxylation is 1. The number of rotatable bonds is 16. The van der Waals surface area contributed by atoms with E-state index >= 15 is 0 Å². The Bertz CT molecular complexity index is 3170. The Morgan fingerprint density at radius 1 is 0.750 bits per heavy atom. The van der Waals surface area contributed by atoms with Crippen LogP contribution < -0.4 is 20.9 Å². The minimum absolute atomic E-state index is 0.00137. The van der Waals surface area contributed by atoms with Gasteiger partial charge < -0.3 is 74.4 Å². The molecule has 6 aliphatic rings. The predicted molar refractivity (Wildman–Crippen MR) is 372 cm³/mol. The molecule has 4 saturated heterocycles. The number of ketones is 3. The number of carbonyl (C=O) groups excluding carboxylic acids is 7. The number of anilines is 2. The first-order valence-corrected chi connectivity index (χ1v) is 35.9. The zero-order chi connectivity index (χ0) is 72.2. The topological polar surface area (TPSA) is 341 Å². The van der Waals surface area contributed by atoms with Crippen molar-refractivity contribution in [1.29, 1.82) is 0 Å². The summed E-state index contributed by atoms with van der Waals surface area (Å²) in [6, 6.07) is -2.25. The summed E-state index contributed by atoms with van der Waals surface area (Å²) in [4.78, 5) is 125. The van der Waals surface area contributed by atoms with Crippen LogP contribution in [-0.4, -0.2) is 245 Å². The lowest BCUT2D eigenvalue weighted by Crippen LogP contribution is -2.61. The van der Waals surface area contributed by atoms with Gasteiger partial charge in [0.15, 0.2) is 5.78 Å². The summed E-state index contributed by atoms with van der Waals surface area (Å²) in [6.07, 6.45) is 14.0. The van der Waals surface area contributed by atoms with Gasteiger partial charge in [0.2, 0.25) is 23.6 Å². The van der Waals surface area contributed by atoms with Gasteiger partial charge in [-0.15, -0.1) is 0 Å². The number of Topliss-reactive ketones (excluding diaryl/α,β-unsaturated/α-hetero) is 3. The molecule has 7 heterocycles. The van der Waals surface area contributed by atoms with Crippen molar-refractivity contribution in [3.63, 3.8) is 0 Å². The summed E-state index contributed by atoms with van der Waals surface area (Å²) < 4.78 is 36.0. The molecule has 3 amide bonds. The lowest BCUT2D eigenvalue weighted by molar-refractivity contribution is -0.265. The van der Waals surface area contributed by atoms with Gasteiger partial charge in [0.1, 0.15) is 36.2 Å². The zero-order valence-corrected chi connectivity index (χ0v) is 60.0. The van der Waals surface area contributed by atoms with Gasteiger partial charge in [0.05, 0.1) is 37.9 Å². The molecule has 0 radical (unpaired) electrons. The summed E-state index contributed by atoms with van der Waals surface area (Å²) in [7, 11) is 3.07. The lowest BCUT2D eigenvalue weighted by Gasteiger charge is -2.42. The number of allylic oxidation sites excluding steroid dienone is 6. The third-order valence-electron chi connectivity index (χ3n) is 20.7.